The fourth-order valence-corrected chi connectivity index (χ4v) is 4.53. The maximum Gasteiger partial charge on any atom is 0.127 e. The SMILES string of the molecule is Fc1ccccc1CN1CCC(CN(CC2CC2)CC2CCCO2)CC1. The molecule has 1 aromatic carbocycles. The van der Waals surface area contributed by atoms with Crippen LogP contribution in [0.3, 0.4) is 0 Å². The third kappa shape index (κ3) is 5.28. The number of ether oxygens (including phenoxy) is 1. The molecular weight excluding hydrogens is 327 g/mol. The van der Waals surface area contributed by atoms with Crippen LogP contribution in [0.2, 0.25) is 0 Å². The van der Waals surface area contributed by atoms with Gasteiger partial charge in [0.15, 0.2) is 0 Å². The summed E-state index contributed by atoms with van der Waals surface area (Å²) in [6.45, 7) is 7.52. The van der Waals surface area contributed by atoms with E-state index in [4.69, 9.17) is 4.74 Å². The van der Waals surface area contributed by atoms with Gasteiger partial charge < -0.3 is 9.64 Å². The van der Waals surface area contributed by atoms with Crippen LogP contribution in [-0.2, 0) is 11.3 Å². The Bertz CT molecular complexity index is 563. The van der Waals surface area contributed by atoms with Gasteiger partial charge in [-0.1, -0.05) is 18.2 Å². The molecule has 0 amide bonds. The van der Waals surface area contributed by atoms with Crippen molar-refractivity contribution >= 4 is 0 Å². The highest BCUT2D eigenvalue weighted by atomic mass is 19.1. The van der Waals surface area contributed by atoms with Crippen molar-refractivity contribution in [2.24, 2.45) is 11.8 Å². The van der Waals surface area contributed by atoms with Crippen LogP contribution in [0.25, 0.3) is 0 Å². The van der Waals surface area contributed by atoms with E-state index >= 15 is 0 Å². The first-order valence-corrected chi connectivity index (χ1v) is 10.6. The number of halogens is 1. The molecule has 3 aliphatic rings. The lowest BCUT2D eigenvalue weighted by Gasteiger charge is -2.35. The average molecular weight is 361 g/mol. The summed E-state index contributed by atoms with van der Waals surface area (Å²) in [4.78, 5) is 5.12. The largest absolute Gasteiger partial charge is 0.377 e. The number of hydrogen-bond donors (Lipinski definition) is 0. The van der Waals surface area contributed by atoms with Gasteiger partial charge in [-0.25, -0.2) is 4.39 Å². The van der Waals surface area contributed by atoms with Crippen LogP contribution in [0.1, 0.15) is 44.1 Å². The zero-order valence-electron chi connectivity index (χ0n) is 15.9. The van der Waals surface area contributed by atoms with Crippen molar-refractivity contribution in [3.63, 3.8) is 0 Å². The highest BCUT2D eigenvalue weighted by molar-refractivity contribution is 5.17. The van der Waals surface area contributed by atoms with Crippen LogP contribution >= 0.6 is 0 Å². The molecule has 4 rings (SSSR count). The number of nitrogens with zero attached hydrogens (tertiary/aromatic N) is 2. The summed E-state index contributed by atoms with van der Waals surface area (Å²) >= 11 is 0. The van der Waals surface area contributed by atoms with E-state index in [1.54, 1.807) is 12.1 Å². The molecule has 4 heteroatoms. The quantitative estimate of drug-likeness (QED) is 0.699. The molecule has 2 heterocycles. The van der Waals surface area contributed by atoms with Crippen LogP contribution in [0, 0.1) is 17.7 Å². The Balaban J connectivity index is 1.24. The van der Waals surface area contributed by atoms with Crippen molar-refractivity contribution in [1.29, 1.82) is 0 Å². The van der Waals surface area contributed by atoms with E-state index in [0.717, 1.165) is 50.2 Å². The summed E-state index contributed by atoms with van der Waals surface area (Å²) < 4.78 is 19.8. The molecule has 26 heavy (non-hydrogen) atoms. The molecule has 1 unspecified atom stereocenters. The molecule has 1 atom stereocenters. The number of hydrogen-bond acceptors (Lipinski definition) is 3. The Morgan fingerprint density at radius 3 is 2.35 bits per heavy atom. The third-order valence-corrected chi connectivity index (χ3v) is 6.27. The predicted molar refractivity (Wildman–Crippen MR) is 103 cm³/mol. The van der Waals surface area contributed by atoms with Crippen LogP contribution in [-0.4, -0.2) is 55.2 Å². The monoisotopic (exact) mass is 360 g/mol. The molecule has 1 aliphatic carbocycles. The summed E-state index contributed by atoms with van der Waals surface area (Å²) in [6.07, 6.45) is 8.25. The second kappa shape index (κ2) is 8.81. The minimum Gasteiger partial charge on any atom is -0.377 e. The zero-order valence-corrected chi connectivity index (χ0v) is 15.9. The molecule has 0 bridgehead atoms. The Labute approximate surface area is 157 Å². The molecule has 2 saturated heterocycles. The van der Waals surface area contributed by atoms with E-state index in [1.165, 1.54) is 51.6 Å². The van der Waals surface area contributed by atoms with Gasteiger partial charge in [-0.15, -0.1) is 0 Å². The van der Waals surface area contributed by atoms with Gasteiger partial charge in [0, 0.05) is 38.3 Å². The maximum absolute atomic E-state index is 13.9. The summed E-state index contributed by atoms with van der Waals surface area (Å²) in [5.41, 5.74) is 0.833. The Morgan fingerprint density at radius 1 is 0.962 bits per heavy atom. The lowest BCUT2D eigenvalue weighted by Crippen LogP contribution is -2.41. The number of benzene rings is 1. The molecule has 1 saturated carbocycles. The van der Waals surface area contributed by atoms with E-state index in [9.17, 15) is 4.39 Å². The first kappa shape index (κ1) is 18.4. The molecule has 1 aromatic rings. The number of piperidine rings is 1. The van der Waals surface area contributed by atoms with Crippen molar-refractivity contribution in [3.05, 3.63) is 35.6 Å². The van der Waals surface area contributed by atoms with Gasteiger partial charge in [-0.05, 0) is 69.5 Å². The van der Waals surface area contributed by atoms with Crippen molar-refractivity contribution in [2.45, 2.75) is 51.2 Å². The summed E-state index contributed by atoms with van der Waals surface area (Å²) in [5, 5.41) is 0. The fraction of sp³-hybridized carbons (Fsp3) is 0.727. The highest BCUT2D eigenvalue weighted by Gasteiger charge is 2.29. The average Bonchev–Trinajstić information content (AvgIpc) is 3.31. The summed E-state index contributed by atoms with van der Waals surface area (Å²) in [7, 11) is 0. The molecule has 3 fully saturated rings. The van der Waals surface area contributed by atoms with Gasteiger partial charge in [0.1, 0.15) is 5.82 Å². The number of rotatable bonds is 8. The molecule has 0 N–H and O–H groups in total. The van der Waals surface area contributed by atoms with Crippen LogP contribution in [0.4, 0.5) is 4.39 Å². The van der Waals surface area contributed by atoms with E-state index in [1.807, 2.05) is 12.1 Å². The molecule has 2 aliphatic heterocycles. The Hall–Kier alpha value is -0.970. The molecule has 144 valence electrons. The minimum atomic E-state index is -0.0678. The molecule has 0 aromatic heterocycles. The van der Waals surface area contributed by atoms with Crippen LogP contribution in [0.15, 0.2) is 24.3 Å². The highest BCUT2D eigenvalue weighted by Crippen LogP contribution is 2.31. The van der Waals surface area contributed by atoms with E-state index < -0.39 is 0 Å². The molecular formula is C22H33FN2O. The van der Waals surface area contributed by atoms with Gasteiger partial charge in [0.2, 0.25) is 0 Å². The summed E-state index contributed by atoms with van der Waals surface area (Å²) in [6, 6.07) is 7.20. The van der Waals surface area contributed by atoms with Gasteiger partial charge >= 0.3 is 0 Å². The third-order valence-electron chi connectivity index (χ3n) is 6.27. The van der Waals surface area contributed by atoms with E-state index in [-0.39, 0.29) is 5.82 Å². The zero-order chi connectivity index (χ0) is 17.8. The first-order valence-electron chi connectivity index (χ1n) is 10.6. The second-order valence-electron chi connectivity index (χ2n) is 8.61. The van der Waals surface area contributed by atoms with Gasteiger partial charge in [0.05, 0.1) is 6.10 Å². The van der Waals surface area contributed by atoms with Crippen LogP contribution < -0.4 is 0 Å². The van der Waals surface area contributed by atoms with Crippen LogP contribution in [0.5, 0.6) is 0 Å². The van der Waals surface area contributed by atoms with Crippen molar-refractivity contribution in [2.75, 3.05) is 39.3 Å². The maximum atomic E-state index is 13.9. The summed E-state index contributed by atoms with van der Waals surface area (Å²) in [5.74, 6) is 1.66. The Kier molecular flexibility index (Phi) is 6.24. The van der Waals surface area contributed by atoms with Gasteiger partial charge in [-0.2, -0.15) is 0 Å². The fourth-order valence-electron chi connectivity index (χ4n) is 4.53. The second-order valence-corrected chi connectivity index (χ2v) is 8.61. The van der Waals surface area contributed by atoms with Gasteiger partial charge in [0.25, 0.3) is 0 Å². The van der Waals surface area contributed by atoms with Crippen molar-refractivity contribution in [1.82, 2.24) is 9.80 Å². The molecule has 0 radical (unpaired) electrons. The lowest BCUT2D eigenvalue weighted by molar-refractivity contribution is 0.0581. The van der Waals surface area contributed by atoms with E-state index in [0.29, 0.717) is 6.10 Å². The lowest BCUT2D eigenvalue weighted by atomic mass is 9.95. The predicted octanol–water partition coefficient (Wildman–Crippen LogP) is 3.93. The molecule has 3 nitrogen and oxygen atoms in total. The van der Waals surface area contributed by atoms with E-state index in [2.05, 4.69) is 9.80 Å². The van der Waals surface area contributed by atoms with Crippen molar-refractivity contribution in [3.8, 4) is 0 Å². The normalized spacial score (nSPS) is 25.2. The minimum absolute atomic E-state index is 0.0678. The molecule has 0 spiro atoms. The van der Waals surface area contributed by atoms with Gasteiger partial charge in [-0.3, -0.25) is 4.90 Å². The smallest absolute Gasteiger partial charge is 0.127 e. The standard InChI is InChI=1S/C22H33FN2O/c23-22-6-2-1-4-20(22)16-24-11-9-19(10-12-24)15-25(14-18-7-8-18)17-21-5-3-13-26-21/h1-2,4,6,18-19,21H,3,5,7-17H2. The Morgan fingerprint density at radius 2 is 1.69 bits per heavy atom. The first-order chi connectivity index (χ1) is 12.8. The topological polar surface area (TPSA) is 15.7 Å². The number of likely N-dealkylation sites (tertiary alicyclic amines) is 1. The van der Waals surface area contributed by atoms with Crippen molar-refractivity contribution < 1.29 is 9.13 Å².